The zero-order valence-corrected chi connectivity index (χ0v) is 27.2. The Morgan fingerprint density at radius 1 is 0.822 bits per heavy atom. The molecule has 8 nitrogen and oxygen atoms in total. The Morgan fingerprint density at radius 3 is 1.98 bits per heavy atom. The van der Waals surface area contributed by atoms with E-state index >= 15 is 0 Å². The van der Waals surface area contributed by atoms with E-state index in [0.29, 0.717) is 28.6 Å². The van der Waals surface area contributed by atoms with Crippen molar-refractivity contribution in [3.63, 3.8) is 0 Å². The van der Waals surface area contributed by atoms with E-state index in [4.69, 9.17) is 16.3 Å². The normalized spacial score (nSPS) is 11.9. The number of nitrogens with one attached hydrogen (secondary N) is 1. The number of halogens is 1. The van der Waals surface area contributed by atoms with Crippen LogP contribution in [0.1, 0.15) is 30.5 Å². The molecule has 0 spiro atoms. The van der Waals surface area contributed by atoms with Crippen LogP contribution in [0.3, 0.4) is 0 Å². The predicted molar refractivity (Wildman–Crippen MR) is 179 cm³/mol. The summed E-state index contributed by atoms with van der Waals surface area (Å²) in [4.78, 5) is 29.3. The third-order valence-corrected chi connectivity index (χ3v) is 8.56. The highest BCUT2D eigenvalue weighted by Crippen LogP contribution is 2.25. The molecule has 0 heterocycles. The molecule has 0 saturated heterocycles. The van der Waals surface area contributed by atoms with Gasteiger partial charge in [-0.2, -0.15) is 0 Å². The molecular formula is C35H38ClN3O5S. The molecule has 4 aromatic rings. The topological polar surface area (TPSA) is 96.0 Å². The average Bonchev–Trinajstić information content (AvgIpc) is 3.01. The second-order valence-corrected chi connectivity index (χ2v) is 13.3. The first-order valence-corrected chi connectivity index (χ1v) is 16.9. The summed E-state index contributed by atoms with van der Waals surface area (Å²) in [5.41, 5.74) is 2.77. The van der Waals surface area contributed by atoms with E-state index in [-0.39, 0.29) is 24.9 Å². The summed E-state index contributed by atoms with van der Waals surface area (Å²) in [6.45, 7) is 3.53. The van der Waals surface area contributed by atoms with Crippen LogP contribution in [0.15, 0.2) is 109 Å². The zero-order valence-electron chi connectivity index (χ0n) is 25.6. The molecule has 4 aromatic carbocycles. The lowest BCUT2D eigenvalue weighted by molar-refractivity contribution is -0.140. The molecule has 0 bridgehead atoms. The number of nitrogens with zero attached hydrogens (tertiary/aromatic N) is 2. The summed E-state index contributed by atoms with van der Waals surface area (Å²) in [6.07, 6.45) is 1.27. The Balaban J connectivity index is 1.65. The monoisotopic (exact) mass is 647 g/mol. The van der Waals surface area contributed by atoms with Crippen LogP contribution >= 0.6 is 11.6 Å². The van der Waals surface area contributed by atoms with E-state index in [0.717, 1.165) is 21.7 Å². The quantitative estimate of drug-likeness (QED) is 0.185. The molecule has 10 heteroatoms. The van der Waals surface area contributed by atoms with Crippen LogP contribution in [0.5, 0.6) is 5.75 Å². The number of carbonyl (C=O) groups excluding carboxylic acids is 2. The van der Waals surface area contributed by atoms with Crippen molar-refractivity contribution in [3.05, 3.63) is 131 Å². The molecule has 1 atom stereocenters. The van der Waals surface area contributed by atoms with E-state index in [2.05, 4.69) is 5.32 Å². The summed E-state index contributed by atoms with van der Waals surface area (Å²) in [5, 5.41) is 3.37. The van der Waals surface area contributed by atoms with Gasteiger partial charge in [-0.25, -0.2) is 8.42 Å². The van der Waals surface area contributed by atoms with Gasteiger partial charge in [0.2, 0.25) is 21.8 Å². The SMILES string of the molecule is CC(C)NC(=O)[C@H](Cc1ccccc1)N(Cc1ccccc1Cl)C(=O)CN(c1ccc(OCc2ccccc2)cc1)S(C)(=O)=O. The van der Waals surface area contributed by atoms with Gasteiger partial charge in [-0.1, -0.05) is 90.5 Å². The van der Waals surface area contributed by atoms with E-state index in [1.54, 1.807) is 48.5 Å². The fourth-order valence-electron chi connectivity index (χ4n) is 4.81. The fourth-order valence-corrected chi connectivity index (χ4v) is 5.85. The largest absolute Gasteiger partial charge is 0.489 e. The highest BCUT2D eigenvalue weighted by atomic mass is 35.5. The van der Waals surface area contributed by atoms with E-state index in [1.807, 2.05) is 74.5 Å². The van der Waals surface area contributed by atoms with Crippen LogP contribution in [0, 0.1) is 0 Å². The third-order valence-electron chi connectivity index (χ3n) is 7.05. The Morgan fingerprint density at radius 2 is 1.40 bits per heavy atom. The molecule has 0 unspecified atom stereocenters. The van der Waals surface area contributed by atoms with Crippen molar-refractivity contribution in [1.82, 2.24) is 10.2 Å². The lowest BCUT2D eigenvalue weighted by Gasteiger charge is -2.34. The summed E-state index contributed by atoms with van der Waals surface area (Å²) in [6, 6.07) is 31.5. The van der Waals surface area contributed by atoms with Crippen molar-refractivity contribution in [3.8, 4) is 5.75 Å². The van der Waals surface area contributed by atoms with Crippen molar-refractivity contribution in [2.24, 2.45) is 0 Å². The summed E-state index contributed by atoms with van der Waals surface area (Å²) < 4.78 is 33.0. The van der Waals surface area contributed by atoms with Gasteiger partial charge in [-0.3, -0.25) is 13.9 Å². The smallest absolute Gasteiger partial charge is 0.244 e. The summed E-state index contributed by atoms with van der Waals surface area (Å²) >= 11 is 6.50. The van der Waals surface area contributed by atoms with Crippen molar-refractivity contribution in [2.45, 2.75) is 45.5 Å². The number of carbonyl (C=O) groups is 2. The van der Waals surface area contributed by atoms with Gasteiger partial charge >= 0.3 is 0 Å². The Labute approximate surface area is 270 Å². The van der Waals surface area contributed by atoms with Crippen LogP contribution in [0.25, 0.3) is 0 Å². The molecule has 45 heavy (non-hydrogen) atoms. The minimum Gasteiger partial charge on any atom is -0.489 e. The van der Waals surface area contributed by atoms with E-state index in [1.165, 1.54) is 4.90 Å². The first-order chi connectivity index (χ1) is 21.5. The lowest BCUT2D eigenvalue weighted by Crippen LogP contribution is -2.54. The van der Waals surface area contributed by atoms with Crippen molar-refractivity contribution >= 4 is 39.1 Å². The molecule has 0 aliphatic heterocycles. The van der Waals surface area contributed by atoms with E-state index in [9.17, 15) is 18.0 Å². The maximum Gasteiger partial charge on any atom is 0.244 e. The first-order valence-electron chi connectivity index (χ1n) is 14.6. The minimum atomic E-state index is -3.90. The molecule has 0 aliphatic rings. The van der Waals surface area contributed by atoms with Crippen LogP contribution in [-0.4, -0.2) is 50.0 Å². The molecule has 0 fully saturated rings. The molecular weight excluding hydrogens is 610 g/mol. The van der Waals surface area contributed by atoms with Gasteiger partial charge in [0.05, 0.1) is 11.9 Å². The van der Waals surface area contributed by atoms with Crippen molar-refractivity contribution in [1.29, 1.82) is 0 Å². The molecule has 0 radical (unpaired) electrons. The van der Waals surface area contributed by atoms with Gasteiger partial charge in [-0.15, -0.1) is 0 Å². The number of hydrogen-bond acceptors (Lipinski definition) is 5. The summed E-state index contributed by atoms with van der Waals surface area (Å²) in [5.74, 6) is -0.347. The maximum atomic E-state index is 14.2. The van der Waals surface area contributed by atoms with Gasteiger partial charge < -0.3 is 15.0 Å². The van der Waals surface area contributed by atoms with Gasteiger partial charge in [0, 0.05) is 24.0 Å². The van der Waals surface area contributed by atoms with Crippen molar-refractivity contribution < 1.29 is 22.7 Å². The standard InChI is InChI=1S/C35H38ClN3O5S/c1-26(2)37-35(41)33(22-27-12-6-4-7-13-27)38(23-29-16-10-11-17-32(29)36)34(40)24-39(45(3,42)43)30-18-20-31(21-19-30)44-25-28-14-8-5-9-15-28/h4-21,26,33H,22-25H2,1-3H3,(H,37,41)/t33-/m0/s1. The Bertz CT molecular complexity index is 1670. The number of benzene rings is 4. The number of anilines is 1. The van der Waals surface area contributed by atoms with Crippen molar-refractivity contribution in [2.75, 3.05) is 17.1 Å². The lowest BCUT2D eigenvalue weighted by atomic mass is 10.0. The van der Waals surface area contributed by atoms with Gasteiger partial charge in [0.1, 0.15) is 24.9 Å². The van der Waals surface area contributed by atoms with E-state index < -0.39 is 28.5 Å². The number of rotatable bonds is 14. The van der Waals surface area contributed by atoms with Crippen LogP contribution < -0.4 is 14.4 Å². The second-order valence-electron chi connectivity index (χ2n) is 11.0. The average molecular weight is 648 g/mol. The number of amides is 2. The predicted octanol–water partition coefficient (Wildman–Crippen LogP) is 5.85. The highest BCUT2D eigenvalue weighted by Gasteiger charge is 2.33. The van der Waals surface area contributed by atoms with Gasteiger partial charge in [0.25, 0.3) is 0 Å². The molecule has 0 aromatic heterocycles. The van der Waals surface area contributed by atoms with Gasteiger partial charge in [-0.05, 0) is 60.9 Å². The Hall–Kier alpha value is -4.34. The minimum absolute atomic E-state index is 0.00535. The molecule has 2 amide bonds. The maximum absolute atomic E-state index is 14.2. The fraction of sp³-hybridized carbons (Fsp3) is 0.257. The third kappa shape index (κ3) is 9.83. The molecule has 236 valence electrons. The van der Waals surface area contributed by atoms with Crippen LogP contribution in [0.2, 0.25) is 5.02 Å². The van der Waals surface area contributed by atoms with Crippen LogP contribution in [0.4, 0.5) is 5.69 Å². The number of sulfonamides is 1. The highest BCUT2D eigenvalue weighted by molar-refractivity contribution is 7.92. The number of ether oxygens (including phenoxy) is 1. The van der Waals surface area contributed by atoms with Gasteiger partial charge in [0.15, 0.2) is 0 Å². The van der Waals surface area contributed by atoms with Crippen LogP contribution in [-0.2, 0) is 39.2 Å². The molecule has 4 rings (SSSR count). The molecule has 0 saturated carbocycles. The number of hydrogen-bond donors (Lipinski definition) is 1. The zero-order chi connectivity index (χ0) is 32.4. The second kappa shape index (κ2) is 15.6. The Kier molecular flexibility index (Phi) is 11.6. The molecule has 1 N–H and O–H groups in total. The first kappa shape index (κ1) is 33.6. The molecule has 0 aliphatic carbocycles. The summed E-state index contributed by atoms with van der Waals surface area (Å²) in [7, 11) is -3.90.